The first-order valence-corrected chi connectivity index (χ1v) is 9.22. The molecule has 0 bridgehead atoms. The minimum absolute atomic E-state index is 0.0199. The minimum Gasteiger partial charge on any atom is -0.495 e. The number of benzene rings is 1. The van der Waals surface area contributed by atoms with E-state index in [1.165, 1.54) is 14.2 Å². The summed E-state index contributed by atoms with van der Waals surface area (Å²) in [6.07, 6.45) is 1.14. The number of halogens is 1. The van der Waals surface area contributed by atoms with E-state index in [1.807, 2.05) is 19.1 Å². The van der Waals surface area contributed by atoms with Crippen LogP contribution >= 0.6 is 11.6 Å². The molecule has 3 rings (SSSR count). The monoisotopic (exact) mass is 389 g/mol. The highest BCUT2D eigenvalue weighted by Gasteiger charge is 2.43. The molecule has 0 aromatic heterocycles. The average molecular weight is 390 g/mol. The predicted molar refractivity (Wildman–Crippen MR) is 104 cm³/mol. The Labute approximate surface area is 164 Å². The summed E-state index contributed by atoms with van der Waals surface area (Å²) in [7, 11) is 2.87. The second-order valence-corrected chi connectivity index (χ2v) is 8.16. The first-order valence-electron chi connectivity index (χ1n) is 8.85. The van der Waals surface area contributed by atoms with Crippen molar-refractivity contribution < 1.29 is 19.1 Å². The number of dihydropyridines is 1. The van der Waals surface area contributed by atoms with Crippen LogP contribution in [0.3, 0.4) is 0 Å². The SMILES string of the molecule is COC(=O)C1=C(C)NC2=C(C(=O)CC(C)(C)C2)[C@H]1c1cccc(OC)c1Cl. The average Bonchev–Trinajstić information content (AvgIpc) is 2.59. The molecule has 0 unspecified atom stereocenters. The molecule has 0 radical (unpaired) electrons. The van der Waals surface area contributed by atoms with E-state index in [2.05, 4.69) is 19.2 Å². The van der Waals surface area contributed by atoms with E-state index in [0.29, 0.717) is 39.6 Å². The van der Waals surface area contributed by atoms with E-state index in [9.17, 15) is 9.59 Å². The zero-order valence-electron chi connectivity index (χ0n) is 16.2. The molecule has 1 atom stereocenters. The maximum atomic E-state index is 13.1. The number of esters is 1. The molecule has 1 aliphatic heterocycles. The number of Topliss-reactive ketones (excluding diaryl/α,β-unsaturated/α-hetero) is 1. The van der Waals surface area contributed by atoms with Gasteiger partial charge in [-0.05, 0) is 30.4 Å². The number of ether oxygens (including phenoxy) is 2. The number of carbonyl (C=O) groups is 2. The van der Waals surface area contributed by atoms with Crippen molar-refractivity contribution in [3.05, 3.63) is 51.3 Å². The topological polar surface area (TPSA) is 64.6 Å². The molecule has 6 heteroatoms. The molecular weight excluding hydrogens is 366 g/mol. The van der Waals surface area contributed by atoms with Crippen molar-refractivity contribution in [3.8, 4) is 5.75 Å². The minimum atomic E-state index is -0.583. The largest absolute Gasteiger partial charge is 0.495 e. The highest BCUT2D eigenvalue weighted by molar-refractivity contribution is 6.33. The lowest BCUT2D eigenvalue weighted by Gasteiger charge is -2.39. The van der Waals surface area contributed by atoms with Gasteiger partial charge in [0.15, 0.2) is 5.78 Å². The highest BCUT2D eigenvalue weighted by atomic mass is 35.5. The number of rotatable bonds is 3. The quantitative estimate of drug-likeness (QED) is 0.787. The van der Waals surface area contributed by atoms with Gasteiger partial charge in [0, 0.05) is 29.3 Å². The Balaban J connectivity index is 2.26. The summed E-state index contributed by atoms with van der Waals surface area (Å²) in [5.74, 6) is -0.542. The van der Waals surface area contributed by atoms with Gasteiger partial charge in [0.25, 0.3) is 0 Å². The molecule has 2 aliphatic rings. The van der Waals surface area contributed by atoms with E-state index >= 15 is 0 Å². The molecule has 1 aliphatic carbocycles. The van der Waals surface area contributed by atoms with Gasteiger partial charge in [0.05, 0.1) is 24.8 Å². The van der Waals surface area contributed by atoms with Crippen LogP contribution in [0.25, 0.3) is 0 Å². The molecule has 0 saturated heterocycles. The third-order valence-electron chi connectivity index (χ3n) is 5.17. The van der Waals surface area contributed by atoms with Crippen LogP contribution in [-0.4, -0.2) is 26.0 Å². The van der Waals surface area contributed by atoms with E-state index < -0.39 is 11.9 Å². The lowest BCUT2D eigenvalue weighted by Crippen LogP contribution is -2.38. The fourth-order valence-electron chi connectivity index (χ4n) is 4.04. The van der Waals surface area contributed by atoms with Crippen molar-refractivity contribution in [2.24, 2.45) is 5.41 Å². The van der Waals surface area contributed by atoms with Gasteiger partial charge in [-0.25, -0.2) is 4.79 Å². The number of nitrogens with one attached hydrogen (secondary N) is 1. The molecule has 1 aromatic rings. The highest BCUT2D eigenvalue weighted by Crippen LogP contribution is 2.49. The van der Waals surface area contributed by atoms with Crippen molar-refractivity contribution in [1.82, 2.24) is 5.32 Å². The summed E-state index contributed by atoms with van der Waals surface area (Å²) >= 11 is 6.58. The van der Waals surface area contributed by atoms with Crippen LogP contribution in [0.5, 0.6) is 5.75 Å². The van der Waals surface area contributed by atoms with Crippen LogP contribution < -0.4 is 10.1 Å². The fraction of sp³-hybridized carbons (Fsp3) is 0.429. The molecule has 1 heterocycles. The normalized spacial score (nSPS) is 21.6. The van der Waals surface area contributed by atoms with Crippen LogP contribution in [-0.2, 0) is 14.3 Å². The lowest BCUT2D eigenvalue weighted by molar-refractivity contribution is -0.136. The van der Waals surface area contributed by atoms with Gasteiger partial charge < -0.3 is 14.8 Å². The molecule has 0 fully saturated rings. The molecule has 1 N–H and O–H groups in total. The summed E-state index contributed by atoms with van der Waals surface area (Å²) in [4.78, 5) is 25.7. The fourth-order valence-corrected chi connectivity index (χ4v) is 4.35. The van der Waals surface area contributed by atoms with Gasteiger partial charge in [0.2, 0.25) is 0 Å². The Morgan fingerprint density at radius 1 is 1.26 bits per heavy atom. The second kappa shape index (κ2) is 7.04. The lowest BCUT2D eigenvalue weighted by atomic mass is 9.68. The Hall–Kier alpha value is -2.27. The molecule has 0 saturated carbocycles. The van der Waals surface area contributed by atoms with Crippen molar-refractivity contribution in [2.75, 3.05) is 14.2 Å². The Kier molecular flexibility index (Phi) is 5.08. The van der Waals surface area contributed by atoms with Crippen molar-refractivity contribution in [3.63, 3.8) is 0 Å². The molecule has 0 amide bonds. The van der Waals surface area contributed by atoms with E-state index in [0.717, 1.165) is 12.1 Å². The third-order valence-corrected chi connectivity index (χ3v) is 5.57. The number of hydrogen-bond donors (Lipinski definition) is 1. The van der Waals surface area contributed by atoms with Gasteiger partial charge in [-0.3, -0.25) is 4.79 Å². The smallest absolute Gasteiger partial charge is 0.336 e. The van der Waals surface area contributed by atoms with Crippen molar-refractivity contribution in [1.29, 1.82) is 0 Å². The standard InChI is InChI=1S/C21H24ClNO4/c1-11-16(20(25)27-5)17(12-7-6-8-15(26-4)19(12)22)18-13(23-11)9-21(2,3)10-14(18)24/h6-8,17,23H,9-10H2,1-5H3/t17-/m0/s1. The number of hydrogen-bond acceptors (Lipinski definition) is 5. The summed E-state index contributed by atoms with van der Waals surface area (Å²) in [6, 6.07) is 5.39. The number of allylic oxidation sites excluding steroid dienone is 3. The zero-order chi connectivity index (χ0) is 19.9. The van der Waals surface area contributed by atoms with Crippen molar-refractivity contribution >= 4 is 23.4 Å². The van der Waals surface area contributed by atoms with Gasteiger partial charge in [0.1, 0.15) is 5.75 Å². The maximum absolute atomic E-state index is 13.1. The van der Waals surface area contributed by atoms with Gasteiger partial charge in [-0.2, -0.15) is 0 Å². The van der Waals surface area contributed by atoms with E-state index in [4.69, 9.17) is 21.1 Å². The predicted octanol–water partition coefficient (Wildman–Crippen LogP) is 4.13. The van der Waals surface area contributed by atoms with Crippen LogP contribution in [0.2, 0.25) is 5.02 Å². The summed E-state index contributed by atoms with van der Waals surface area (Å²) in [5.41, 5.74) is 3.04. The molecule has 0 spiro atoms. The molecular formula is C21H24ClNO4. The van der Waals surface area contributed by atoms with Gasteiger partial charge >= 0.3 is 5.97 Å². The number of ketones is 1. The molecule has 1 aromatic carbocycles. The van der Waals surface area contributed by atoms with Crippen LogP contribution in [0, 0.1) is 5.41 Å². The van der Waals surface area contributed by atoms with Crippen molar-refractivity contribution in [2.45, 2.75) is 39.5 Å². The van der Waals surface area contributed by atoms with Gasteiger partial charge in [-0.15, -0.1) is 0 Å². The third kappa shape index (κ3) is 3.36. The first kappa shape index (κ1) is 19.5. The number of carbonyl (C=O) groups excluding carboxylic acids is 2. The Bertz CT molecular complexity index is 882. The van der Waals surface area contributed by atoms with E-state index in [1.54, 1.807) is 6.07 Å². The van der Waals surface area contributed by atoms with E-state index in [-0.39, 0.29) is 11.2 Å². The summed E-state index contributed by atoms with van der Waals surface area (Å²) in [6.45, 7) is 5.96. The Morgan fingerprint density at radius 3 is 2.59 bits per heavy atom. The summed E-state index contributed by atoms with van der Waals surface area (Å²) < 4.78 is 10.4. The molecule has 144 valence electrons. The molecule has 27 heavy (non-hydrogen) atoms. The number of methoxy groups -OCH3 is 2. The zero-order valence-corrected chi connectivity index (χ0v) is 17.0. The van der Waals surface area contributed by atoms with Gasteiger partial charge in [-0.1, -0.05) is 37.6 Å². The maximum Gasteiger partial charge on any atom is 0.336 e. The van der Waals surface area contributed by atoms with Crippen LogP contribution in [0.1, 0.15) is 45.1 Å². The summed E-state index contributed by atoms with van der Waals surface area (Å²) in [5, 5.41) is 3.67. The second-order valence-electron chi connectivity index (χ2n) is 7.78. The Morgan fingerprint density at radius 2 is 1.96 bits per heavy atom. The van der Waals surface area contributed by atoms with Crippen LogP contribution in [0.15, 0.2) is 40.7 Å². The first-order chi connectivity index (χ1) is 12.7. The van der Waals surface area contributed by atoms with Crippen LogP contribution in [0.4, 0.5) is 0 Å². The molecule has 5 nitrogen and oxygen atoms in total.